The second-order valence-corrected chi connectivity index (χ2v) is 6.95. The number of nitrogens with zero attached hydrogens (tertiary/aromatic N) is 3. The fraction of sp³-hybridized carbons (Fsp3) is 0.500. The number of aromatic nitrogens is 2. The summed E-state index contributed by atoms with van der Waals surface area (Å²) in [6, 6.07) is 8.67. The molecule has 2 fully saturated rings. The van der Waals surface area contributed by atoms with E-state index in [9.17, 15) is 0 Å². The van der Waals surface area contributed by atoms with Crippen molar-refractivity contribution in [3.05, 3.63) is 60.2 Å². The van der Waals surface area contributed by atoms with Gasteiger partial charge in [0.2, 0.25) is 0 Å². The smallest absolute Gasteiger partial charge is 0.0781 e. The van der Waals surface area contributed by atoms with Gasteiger partial charge in [0.15, 0.2) is 0 Å². The highest BCUT2D eigenvalue weighted by Crippen LogP contribution is 2.35. The summed E-state index contributed by atoms with van der Waals surface area (Å²) in [4.78, 5) is 10.9. The molecule has 0 aromatic carbocycles. The monoisotopic (exact) mass is 339 g/mol. The van der Waals surface area contributed by atoms with E-state index >= 15 is 0 Å². The highest BCUT2D eigenvalue weighted by Gasteiger charge is 2.42. The molecule has 1 aliphatic heterocycles. The van der Waals surface area contributed by atoms with Crippen LogP contribution in [0.5, 0.6) is 0 Å². The van der Waals surface area contributed by atoms with Crippen molar-refractivity contribution in [1.82, 2.24) is 14.9 Å². The average Bonchev–Trinajstić information content (AvgIpc) is 3.08. The van der Waals surface area contributed by atoms with Crippen LogP contribution < -0.4 is 0 Å². The standard InChI is InChI=1S/C20H25N3O2/c1-3-16(11-21-7-1)13-23-9-10-25-20-18(5-6-19(20)23)15-24-14-17-4-2-8-22-12-17/h1-4,7-8,11-12,18-20H,5-6,9-10,13-15H2/t18-,19+,20-/m0/s1. The van der Waals surface area contributed by atoms with E-state index in [0.29, 0.717) is 24.7 Å². The summed E-state index contributed by atoms with van der Waals surface area (Å²) in [6.07, 6.45) is 10.1. The molecule has 3 atom stereocenters. The van der Waals surface area contributed by atoms with E-state index in [4.69, 9.17) is 9.47 Å². The van der Waals surface area contributed by atoms with E-state index in [1.54, 1.807) is 6.20 Å². The largest absolute Gasteiger partial charge is 0.376 e. The van der Waals surface area contributed by atoms with Crippen molar-refractivity contribution in [2.45, 2.75) is 38.1 Å². The molecule has 0 radical (unpaired) electrons. The Labute approximate surface area is 149 Å². The Hall–Kier alpha value is -1.82. The molecule has 2 aliphatic rings. The first-order valence-electron chi connectivity index (χ1n) is 9.11. The predicted octanol–water partition coefficient (Wildman–Crippen LogP) is 2.67. The quantitative estimate of drug-likeness (QED) is 0.810. The van der Waals surface area contributed by atoms with Crippen molar-refractivity contribution in [3.63, 3.8) is 0 Å². The molecule has 1 aliphatic carbocycles. The minimum Gasteiger partial charge on any atom is -0.376 e. The maximum Gasteiger partial charge on any atom is 0.0781 e. The van der Waals surface area contributed by atoms with Gasteiger partial charge in [-0.3, -0.25) is 14.9 Å². The maximum atomic E-state index is 6.14. The van der Waals surface area contributed by atoms with Gasteiger partial charge in [-0.1, -0.05) is 12.1 Å². The fourth-order valence-electron chi connectivity index (χ4n) is 4.05. The second kappa shape index (κ2) is 8.04. The topological polar surface area (TPSA) is 47.5 Å². The Kier molecular flexibility index (Phi) is 5.35. The van der Waals surface area contributed by atoms with Crippen LogP contribution in [-0.2, 0) is 22.6 Å². The lowest BCUT2D eigenvalue weighted by atomic mass is 10.0. The van der Waals surface area contributed by atoms with E-state index in [2.05, 4.69) is 27.0 Å². The Bertz CT molecular complexity index is 653. The lowest BCUT2D eigenvalue weighted by Crippen LogP contribution is -2.50. The molecular formula is C20H25N3O2. The van der Waals surface area contributed by atoms with E-state index < -0.39 is 0 Å². The van der Waals surface area contributed by atoms with Gasteiger partial charge < -0.3 is 9.47 Å². The molecule has 0 unspecified atom stereocenters. The fourth-order valence-corrected chi connectivity index (χ4v) is 4.05. The van der Waals surface area contributed by atoms with Gasteiger partial charge in [0.1, 0.15) is 0 Å². The summed E-state index contributed by atoms with van der Waals surface area (Å²) < 4.78 is 12.1. The highest BCUT2D eigenvalue weighted by atomic mass is 16.5. The average molecular weight is 339 g/mol. The number of ether oxygens (including phenoxy) is 2. The number of hydrogen-bond acceptors (Lipinski definition) is 5. The van der Waals surface area contributed by atoms with E-state index in [1.165, 1.54) is 18.4 Å². The van der Waals surface area contributed by atoms with Crippen LogP contribution in [-0.4, -0.2) is 46.8 Å². The normalized spacial score (nSPS) is 26.5. The Morgan fingerprint density at radius 3 is 2.64 bits per heavy atom. The molecule has 1 saturated carbocycles. The number of rotatable bonds is 6. The summed E-state index contributed by atoms with van der Waals surface area (Å²) in [5.41, 5.74) is 2.40. The molecule has 0 spiro atoms. The van der Waals surface area contributed by atoms with Crippen molar-refractivity contribution in [3.8, 4) is 0 Å². The first-order chi connectivity index (χ1) is 12.4. The highest BCUT2D eigenvalue weighted by molar-refractivity contribution is 5.10. The van der Waals surface area contributed by atoms with Crippen molar-refractivity contribution in [2.75, 3.05) is 19.8 Å². The lowest BCUT2D eigenvalue weighted by molar-refractivity contribution is -0.0891. The lowest BCUT2D eigenvalue weighted by Gasteiger charge is -2.39. The minimum absolute atomic E-state index is 0.291. The van der Waals surface area contributed by atoms with Crippen LogP contribution in [0, 0.1) is 5.92 Å². The maximum absolute atomic E-state index is 6.14. The van der Waals surface area contributed by atoms with Crippen molar-refractivity contribution in [1.29, 1.82) is 0 Å². The molecule has 2 aromatic heterocycles. The second-order valence-electron chi connectivity index (χ2n) is 6.95. The zero-order valence-electron chi connectivity index (χ0n) is 14.5. The zero-order chi connectivity index (χ0) is 16.9. The predicted molar refractivity (Wildman–Crippen MR) is 94.8 cm³/mol. The first-order valence-corrected chi connectivity index (χ1v) is 9.11. The summed E-state index contributed by atoms with van der Waals surface area (Å²) in [6.45, 7) is 4.15. The van der Waals surface area contributed by atoms with Crippen LogP contribution in [0.25, 0.3) is 0 Å². The van der Waals surface area contributed by atoms with Crippen molar-refractivity contribution < 1.29 is 9.47 Å². The van der Waals surface area contributed by atoms with Crippen LogP contribution >= 0.6 is 0 Å². The van der Waals surface area contributed by atoms with Gasteiger partial charge in [-0.15, -0.1) is 0 Å². The summed E-state index contributed by atoms with van der Waals surface area (Å²) >= 11 is 0. The Balaban J connectivity index is 1.31. The number of fused-ring (bicyclic) bond motifs is 1. The third-order valence-electron chi connectivity index (χ3n) is 5.27. The van der Waals surface area contributed by atoms with Crippen LogP contribution in [0.4, 0.5) is 0 Å². The van der Waals surface area contributed by atoms with Crippen LogP contribution in [0.1, 0.15) is 24.0 Å². The molecule has 25 heavy (non-hydrogen) atoms. The van der Waals surface area contributed by atoms with Gasteiger partial charge in [-0.2, -0.15) is 0 Å². The molecule has 4 rings (SSSR count). The van der Waals surface area contributed by atoms with E-state index in [0.717, 1.165) is 31.9 Å². The van der Waals surface area contributed by atoms with Gasteiger partial charge in [-0.05, 0) is 36.1 Å². The molecular weight excluding hydrogens is 314 g/mol. The molecule has 3 heterocycles. The van der Waals surface area contributed by atoms with E-state index in [1.807, 2.05) is 30.7 Å². The third-order valence-corrected chi connectivity index (χ3v) is 5.27. The summed E-state index contributed by atoms with van der Waals surface area (Å²) in [7, 11) is 0. The SMILES string of the molecule is c1cncc(COC[C@@H]2CC[C@@H]3[C@H]2OCCN3Cc2cccnc2)c1. The Morgan fingerprint density at radius 2 is 1.88 bits per heavy atom. The molecule has 5 heteroatoms. The Morgan fingerprint density at radius 1 is 1.08 bits per heavy atom. The van der Waals surface area contributed by atoms with Crippen molar-refractivity contribution >= 4 is 0 Å². The number of hydrogen-bond donors (Lipinski definition) is 0. The molecule has 5 nitrogen and oxygen atoms in total. The van der Waals surface area contributed by atoms with Gasteiger partial charge in [-0.25, -0.2) is 0 Å². The molecule has 132 valence electrons. The van der Waals surface area contributed by atoms with E-state index in [-0.39, 0.29) is 0 Å². The summed E-state index contributed by atoms with van der Waals surface area (Å²) in [5, 5.41) is 0. The van der Waals surface area contributed by atoms with Crippen LogP contribution in [0.15, 0.2) is 49.1 Å². The zero-order valence-corrected chi connectivity index (χ0v) is 14.5. The molecule has 0 amide bonds. The van der Waals surface area contributed by atoms with Crippen molar-refractivity contribution in [2.24, 2.45) is 5.92 Å². The minimum atomic E-state index is 0.291. The van der Waals surface area contributed by atoms with Crippen LogP contribution in [0.3, 0.4) is 0 Å². The first kappa shape index (κ1) is 16.6. The molecule has 1 saturated heterocycles. The summed E-state index contributed by atoms with van der Waals surface area (Å²) in [5.74, 6) is 0.485. The molecule has 0 bridgehead atoms. The van der Waals surface area contributed by atoms with Gasteiger partial charge in [0.25, 0.3) is 0 Å². The van der Waals surface area contributed by atoms with Gasteiger partial charge in [0.05, 0.1) is 25.9 Å². The third kappa shape index (κ3) is 4.06. The van der Waals surface area contributed by atoms with Gasteiger partial charge in [0, 0.05) is 49.8 Å². The van der Waals surface area contributed by atoms with Gasteiger partial charge >= 0.3 is 0 Å². The molecule has 2 aromatic rings. The number of pyridine rings is 2. The number of morpholine rings is 1. The molecule has 0 N–H and O–H groups in total. The van der Waals surface area contributed by atoms with Crippen LogP contribution in [0.2, 0.25) is 0 Å².